The van der Waals surface area contributed by atoms with E-state index in [4.69, 9.17) is 19.4 Å². The highest BCUT2D eigenvalue weighted by molar-refractivity contribution is 7.19. The summed E-state index contributed by atoms with van der Waals surface area (Å²) in [5, 5.41) is 9.74. The van der Waals surface area contributed by atoms with Crippen molar-refractivity contribution in [3.8, 4) is 51.0 Å². The molecule has 324 valence electrons. The molecule has 3 aromatic heterocycles. The first-order valence-corrected chi connectivity index (χ1v) is 25.3. The molecule has 5 nitrogen and oxygen atoms in total. The summed E-state index contributed by atoms with van der Waals surface area (Å²) in [6, 6.07) is 90.8. The molecule has 0 spiro atoms. The normalized spacial score (nSPS) is 11.8. The van der Waals surface area contributed by atoms with Crippen molar-refractivity contribution < 1.29 is 4.42 Å². The summed E-state index contributed by atoms with van der Waals surface area (Å²) in [7, 11) is -2.87. The van der Waals surface area contributed by atoms with E-state index < -0.39 is 8.07 Å². The van der Waals surface area contributed by atoms with Crippen LogP contribution in [0.4, 0.5) is 0 Å². The van der Waals surface area contributed by atoms with E-state index in [-0.39, 0.29) is 0 Å². The van der Waals surface area contributed by atoms with E-state index in [9.17, 15) is 0 Å². The highest BCUT2D eigenvalue weighted by atomic mass is 28.3. The van der Waals surface area contributed by atoms with Crippen molar-refractivity contribution in [3.63, 3.8) is 0 Å². The van der Waals surface area contributed by atoms with Crippen LogP contribution in [0.15, 0.2) is 259 Å². The number of fused-ring (bicyclic) bond motifs is 6. The maximum atomic E-state index is 6.40. The minimum Gasteiger partial charge on any atom is -0.456 e. The molecule has 0 unspecified atom stereocenters. The highest BCUT2D eigenvalue weighted by Crippen LogP contribution is 2.38. The number of nitrogens with zero attached hydrogens (tertiary/aromatic N) is 4. The zero-order valence-electron chi connectivity index (χ0n) is 37.4. The van der Waals surface area contributed by atoms with Gasteiger partial charge in [0.1, 0.15) is 11.2 Å². The van der Waals surface area contributed by atoms with Crippen molar-refractivity contribution in [1.82, 2.24) is 19.5 Å². The molecule has 6 heteroatoms. The number of hydrogen-bond donors (Lipinski definition) is 0. The average Bonchev–Trinajstić information content (AvgIpc) is 3.98. The third-order valence-electron chi connectivity index (χ3n) is 13.6. The van der Waals surface area contributed by atoms with Gasteiger partial charge >= 0.3 is 0 Å². The number of para-hydroxylation sites is 3. The minimum absolute atomic E-state index is 0.584. The van der Waals surface area contributed by atoms with E-state index in [1.807, 2.05) is 12.1 Å². The molecule has 0 N–H and O–H groups in total. The molecule has 0 aliphatic rings. The van der Waals surface area contributed by atoms with E-state index in [2.05, 4.69) is 247 Å². The van der Waals surface area contributed by atoms with Crippen molar-refractivity contribution in [3.05, 3.63) is 255 Å². The summed E-state index contributed by atoms with van der Waals surface area (Å²) in [6.45, 7) is 0. The lowest BCUT2D eigenvalue weighted by atomic mass is 9.98. The number of furan rings is 1. The lowest BCUT2D eigenvalue weighted by Crippen LogP contribution is -2.74. The molecule has 3 heterocycles. The molecule has 0 fully saturated rings. The van der Waals surface area contributed by atoms with Crippen molar-refractivity contribution in [2.45, 2.75) is 0 Å². The van der Waals surface area contributed by atoms with Crippen LogP contribution in [0.3, 0.4) is 0 Å². The predicted octanol–water partition coefficient (Wildman–Crippen LogP) is 12.9. The number of aromatic nitrogens is 4. The van der Waals surface area contributed by atoms with Gasteiger partial charge in [0.2, 0.25) is 0 Å². The van der Waals surface area contributed by atoms with Crippen molar-refractivity contribution >= 4 is 72.6 Å². The molecule has 0 aliphatic carbocycles. The molecule has 0 amide bonds. The maximum Gasteiger partial charge on any atom is 0.179 e. The SMILES string of the molecule is c1ccc([Si](c2ccccc2)(c2ccccc2)c2cccc(-c3nc(-c4cccc(-n5c6ccccc6c6ccccc65)c4)nc(-c4ccccc4-c4ccc5c(c4)oc4ccccc45)n3)c2)cc1. The Bertz CT molecular complexity index is 3880. The van der Waals surface area contributed by atoms with Gasteiger partial charge in [-0.05, 0) is 74.3 Å². The Kier molecular flexibility index (Phi) is 9.77. The van der Waals surface area contributed by atoms with Crippen LogP contribution in [0.1, 0.15) is 0 Å². The van der Waals surface area contributed by atoms with Crippen LogP contribution in [-0.4, -0.2) is 27.6 Å². The van der Waals surface area contributed by atoms with E-state index in [0.717, 1.165) is 66.5 Å². The Morgan fingerprint density at radius 3 is 1.42 bits per heavy atom. The van der Waals surface area contributed by atoms with Crippen molar-refractivity contribution in [1.29, 1.82) is 0 Å². The first-order chi connectivity index (χ1) is 34.2. The molecule has 10 aromatic carbocycles. The zero-order valence-corrected chi connectivity index (χ0v) is 38.4. The predicted molar refractivity (Wildman–Crippen MR) is 287 cm³/mol. The van der Waals surface area contributed by atoms with Crippen molar-refractivity contribution in [2.75, 3.05) is 0 Å². The Labute approximate surface area is 400 Å². The largest absolute Gasteiger partial charge is 0.456 e. The Morgan fingerprint density at radius 1 is 0.304 bits per heavy atom. The summed E-state index contributed by atoms with van der Waals surface area (Å²) in [5.74, 6) is 1.77. The summed E-state index contributed by atoms with van der Waals surface area (Å²) in [5.41, 5.74) is 9.73. The third-order valence-corrected chi connectivity index (χ3v) is 18.4. The molecule has 0 radical (unpaired) electrons. The average molecular weight is 899 g/mol. The molecule has 13 aromatic rings. The van der Waals surface area contributed by atoms with Gasteiger partial charge in [-0.1, -0.05) is 212 Å². The van der Waals surface area contributed by atoms with Gasteiger partial charge in [0.25, 0.3) is 0 Å². The first kappa shape index (κ1) is 40.3. The number of benzene rings is 10. The molecular formula is C63H42N4OSi. The zero-order chi connectivity index (χ0) is 45.7. The summed E-state index contributed by atoms with van der Waals surface area (Å²) >= 11 is 0. The van der Waals surface area contributed by atoms with Crippen LogP contribution >= 0.6 is 0 Å². The topological polar surface area (TPSA) is 56.7 Å². The summed E-state index contributed by atoms with van der Waals surface area (Å²) < 4.78 is 8.74. The number of rotatable bonds is 9. The lowest BCUT2D eigenvalue weighted by Gasteiger charge is -2.34. The van der Waals surface area contributed by atoms with Gasteiger partial charge in [-0.25, -0.2) is 15.0 Å². The fourth-order valence-electron chi connectivity index (χ4n) is 10.5. The van der Waals surface area contributed by atoms with E-state index in [1.165, 1.54) is 31.5 Å². The van der Waals surface area contributed by atoms with Crippen molar-refractivity contribution in [2.24, 2.45) is 0 Å². The quantitative estimate of drug-likeness (QED) is 0.107. The van der Waals surface area contributed by atoms with E-state index >= 15 is 0 Å². The summed E-state index contributed by atoms with van der Waals surface area (Å²) in [4.78, 5) is 16.3. The molecular weight excluding hydrogens is 857 g/mol. The van der Waals surface area contributed by atoms with Gasteiger partial charge in [-0.3, -0.25) is 0 Å². The Hall–Kier alpha value is -8.97. The molecule has 0 aliphatic heterocycles. The fraction of sp³-hybridized carbons (Fsp3) is 0. The molecule has 13 rings (SSSR count). The molecule has 0 bridgehead atoms. The second-order valence-electron chi connectivity index (χ2n) is 17.5. The van der Waals surface area contributed by atoms with Gasteiger partial charge in [0, 0.05) is 43.9 Å². The van der Waals surface area contributed by atoms with E-state index in [0.29, 0.717) is 17.5 Å². The maximum absolute atomic E-state index is 6.40. The van der Waals surface area contributed by atoms with Crippen LogP contribution in [0.2, 0.25) is 0 Å². The van der Waals surface area contributed by atoms with Crippen LogP contribution in [0.25, 0.3) is 94.7 Å². The highest BCUT2D eigenvalue weighted by Gasteiger charge is 2.41. The molecule has 0 saturated carbocycles. The fourth-order valence-corrected chi connectivity index (χ4v) is 15.3. The lowest BCUT2D eigenvalue weighted by molar-refractivity contribution is 0.669. The smallest absolute Gasteiger partial charge is 0.179 e. The van der Waals surface area contributed by atoms with E-state index in [1.54, 1.807) is 0 Å². The van der Waals surface area contributed by atoms with Gasteiger partial charge in [-0.2, -0.15) is 0 Å². The van der Waals surface area contributed by atoms with Crippen LogP contribution in [0.5, 0.6) is 0 Å². The summed E-state index contributed by atoms with van der Waals surface area (Å²) in [6.07, 6.45) is 0. The number of hydrogen-bond acceptors (Lipinski definition) is 4. The molecule has 69 heavy (non-hydrogen) atoms. The van der Waals surface area contributed by atoms with Crippen LogP contribution < -0.4 is 20.7 Å². The van der Waals surface area contributed by atoms with Crippen LogP contribution in [-0.2, 0) is 0 Å². The van der Waals surface area contributed by atoms with Gasteiger partial charge in [0.15, 0.2) is 25.5 Å². The standard InChI is InChI=1S/C63H42N4OSi/c1-4-23-47(24-5-1)69(48-25-6-2-7-26-48,49-27-8-3-9-28-49)50-29-19-21-45(41-50)62-64-61(44-20-18-22-46(40-44)67-57-35-15-12-31-52(57)53-32-13-16-36-58(53)67)65-63(66-62)56-34-11-10-30-51(56)43-38-39-55-54-33-14-17-37-59(54)68-60(55)42-43/h1-42H. The second kappa shape index (κ2) is 16.7. The Morgan fingerprint density at radius 2 is 0.783 bits per heavy atom. The first-order valence-electron chi connectivity index (χ1n) is 23.3. The molecule has 0 atom stereocenters. The third kappa shape index (κ3) is 6.80. The second-order valence-corrected chi connectivity index (χ2v) is 21.3. The molecule has 0 saturated heterocycles. The Balaban J connectivity index is 1.03. The van der Waals surface area contributed by atoms with Crippen LogP contribution in [0, 0.1) is 0 Å². The minimum atomic E-state index is -2.87. The van der Waals surface area contributed by atoms with Gasteiger partial charge in [0.05, 0.1) is 11.0 Å². The van der Waals surface area contributed by atoms with Gasteiger partial charge in [-0.15, -0.1) is 0 Å². The monoisotopic (exact) mass is 898 g/mol. The van der Waals surface area contributed by atoms with Gasteiger partial charge < -0.3 is 8.98 Å².